The maximum atomic E-state index is 11.7. The van der Waals surface area contributed by atoms with E-state index in [4.69, 9.17) is 21.4 Å². The molecule has 0 radical (unpaired) electrons. The molecule has 0 saturated carbocycles. The number of nitrogens with one attached hydrogen (secondary N) is 1. The zero-order valence-corrected chi connectivity index (χ0v) is 77.5. The summed E-state index contributed by atoms with van der Waals surface area (Å²) >= 11 is 6.70. The van der Waals surface area contributed by atoms with Crippen LogP contribution < -0.4 is 11.5 Å². The zero-order valence-electron chi connectivity index (χ0n) is 74.3. The Morgan fingerprint density at radius 1 is 0.239 bits per heavy atom. The molecule has 654 valence electrons. The van der Waals surface area contributed by atoms with E-state index in [9.17, 15) is 4.79 Å². The van der Waals surface area contributed by atoms with E-state index in [-0.39, 0.29) is 0 Å². The molecule has 0 atom stereocenters. The summed E-state index contributed by atoms with van der Waals surface area (Å²) < 4.78 is 18.9. The molecule has 0 bridgehead atoms. The van der Waals surface area contributed by atoms with E-state index >= 15 is 0 Å². The quantitative estimate of drug-likeness (QED) is 0.0788. The molecule has 9 aromatic heterocycles. The lowest BCUT2D eigenvalue weighted by Crippen LogP contribution is -1.95. The monoisotopic (exact) mass is 1900 g/mol. The first-order valence-corrected chi connectivity index (χ1v) is 47.6. The molecule has 0 aliphatic rings. The number of nitrogens with zero attached hydrogens (tertiary/aromatic N) is 9. The number of carbonyl (C=O) groups is 1. The minimum absolute atomic E-state index is 0.646. The summed E-state index contributed by atoms with van der Waals surface area (Å²) in [5.74, 6) is 0.876. The molecular weight excluding hydrogens is 1820 g/mol. The molecular formula is C123H82Br2N12O. The van der Waals surface area contributed by atoms with E-state index in [1.54, 1.807) is 12.1 Å². The van der Waals surface area contributed by atoms with Gasteiger partial charge in [0.25, 0.3) is 0 Å². The maximum Gasteiger partial charge on any atom is 0.150 e. The fourth-order valence-corrected chi connectivity index (χ4v) is 21.4. The van der Waals surface area contributed by atoms with Crippen LogP contribution in [-0.4, -0.2) is 53.0 Å². The minimum atomic E-state index is 0.646. The van der Waals surface area contributed by atoms with Crippen molar-refractivity contribution in [2.45, 2.75) is 0 Å². The Balaban J connectivity index is 0.000000102. The summed E-state index contributed by atoms with van der Waals surface area (Å²) in [5.41, 5.74) is 41.0. The lowest BCUT2D eigenvalue weighted by atomic mass is 10.0. The number of carbonyl (C=O) groups excluding carboxylic acids is 1. The lowest BCUT2D eigenvalue weighted by Gasteiger charge is -2.11. The molecule has 0 fully saturated rings. The van der Waals surface area contributed by atoms with E-state index in [2.05, 4.69) is 445 Å². The third kappa shape index (κ3) is 13.7. The molecule has 0 saturated heterocycles. The number of halogens is 2. The summed E-state index contributed by atoms with van der Waals surface area (Å²) in [4.78, 5) is 25.3. The molecule has 138 heavy (non-hydrogen) atoms. The molecule has 0 spiro atoms. The van der Waals surface area contributed by atoms with Crippen LogP contribution in [0.2, 0.25) is 0 Å². The number of aldehydes is 1. The molecule has 29 aromatic rings. The number of hydrogen-bond donors (Lipinski definition) is 3. The Labute approximate surface area is 807 Å². The number of aromatic amines is 1. The first-order valence-electron chi connectivity index (χ1n) is 46.0. The molecule has 0 aliphatic carbocycles. The van der Waals surface area contributed by atoms with Gasteiger partial charge in [-0.3, -0.25) is 9.20 Å². The fraction of sp³-hybridized carbons (Fsp3) is 0. The van der Waals surface area contributed by atoms with Gasteiger partial charge in [-0.05, 0) is 225 Å². The van der Waals surface area contributed by atoms with Gasteiger partial charge >= 0.3 is 0 Å². The average Bonchev–Trinajstić information content (AvgIpc) is 1.53. The predicted octanol–water partition coefficient (Wildman–Crippen LogP) is 32.2. The summed E-state index contributed by atoms with van der Waals surface area (Å²) in [5, 5.41) is 18.3. The number of benzene rings is 20. The van der Waals surface area contributed by atoms with Gasteiger partial charge in [0.2, 0.25) is 0 Å². The molecule has 0 unspecified atom stereocenters. The third-order valence-corrected chi connectivity index (χ3v) is 28.7. The Morgan fingerprint density at radius 3 is 1.01 bits per heavy atom. The Morgan fingerprint density at radius 2 is 0.580 bits per heavy atom. The molecule has 9 heterocycles. The van der Waals surface area contributed by atoms with Crippen molar-refractivity contribution in [3.63, 3.8) is 0 Å². The summed E-state index contributed by atoms with van der Waals surface area (Å²) in [6.45, 7) is 0. The topological polar surface area (TPSA) is 145 Å². The number of H-pyrrole nitrogens is 1. The zero-order chi connectivity index (χ0) is 92.2. The number of nitrogen functional groups attached to an aromatic ring is 2. The van der Waals surface area contributed by atoms with Gasteiger partial charge in [-0.2, -0.15) is 0 Å². The highest BCUT2D eigenvalue weighted by atomic mass is 79.9. The number of aromatic nitrogens is 10. The van der Waals surface area contributed by atoms with Crippen LogP contribution in [0.25, 0.3) is 226 Å². The van der Waals surface area contributed by atoms with Crippen LogP contribution in [0.5, 0.6) is 0 Å². The SMILES string of the molecule is Brc1ccccc1Br.Nc1ccccc1N.O=Cc1ccc2c3c(ccc4c5ccccc5n(-c5ccccc5)c43)n(-c3ccccc3)c2c1.c1ccc(-n2c3cc(-c4nc5ccccc5[nH]4)ccc3c3c2ccc2c4ccccc4n(-c4ccccc4)c23)cc1.c1ccc(-n2c3cc4c(cc3c3c2ccc2c5ccccc5n(-c5ccccc5)c23)c2ccccc2n2c3ccccc3nc42)cc1. The summed E-state index contributed by atoms with van der Waals surface area (Å²) in [7, 11) is 0. The van der Waals surface area contributed by atoms with E-state index in [1.807, 2.05) is 72.8 Å². The van der Waals surface area contributed by atoms with Crippen molar-refractivity contribution in [3.05, 3.63) is 476 Å². The summed E-state index contributed by atoms with van der Waals surface area (Å²) in [6.07, 6.45) is 0.920. The summed E-state index contributed by atoms with van der Waals surface area (Å²) in [6, 6.07) is 162. The average molecular weight is 1900 g/mol. The number of fused-ring (bicyclic) bond motifs is 30. The minimum Gasteiger partial charge on any atom is -0.397 e. The highest BCUT2D eigenvalue weighted by Gasteiger charge is 2.28. The van der Waals surface area contributed by atoms with E-state index < -0.39 is 0 Å². The van der Waals surface area contributed by atoms with Crippen molar-refractivity contribution in [1.82, 2.24) is 46.8 Å². The number of hydrogen-bond acceptors (Lipinski definition) is 5. The van der Waals surface area contributed by atoms with Gasteiger partial charge < -0.3 is 43.9 Å². The van der Waals surface area contributed by atoms with Gasteiger partial charge in [0, 0.05) is 130 Å². The molecule has 29 rings (SSSR count). The Hall–Kier alpha value is -17.6. The van der Waals surface area contributed by atoms with Crippen molar-refractivity contribution in [1.29, 1.82) is 0 Å². The maximum absolute atomic E-state index is 11.7. The van der Waals surface area contributed by atoms with Crippen LogP contribution in [0.1, 0.15) is 10.4 Å². The molecule has 5 N–H and O–H groups in total. The van der Waals surface area contributed by atoms with Gasteiger partial charge in [0.05, 0.1) is 105 Å². The number of rotatable bonds is 8. The Kier molecular flexibility index (Phi) is 20.4. The highest BCUT2D eigenvalue weighted by molar-refractivity contribution is 9.13. The fourth-order valence-electron chi connectivity index (χ4n) is 20.8. The Bertz CT molecular complexity index is 9740. The number of nitrogens with two attached hydrogens (primary N) is 2. The smallest absolute Gasteiger partial charge is 0.150 e. The van der Waals surface area contributed by atoms with Gasteiger partial charge in [0.1, 0.15) is 17.8 Å². The van der Waals surface area contributed by atoms with Crippen LogP contribution in [0.15, 0.2) is 470 Å². The molecule has 0 aliphatic heterocycles. The van der Waals surface area contributed by atoms with E-state index in [0.717, 1.165) is 116 Å². The second kappa shape index (κ2) is 34.1. The number of pyridine rings is 1. The molecule has 13 nitrogen and oxygen atoms in total. The van der Waals surface area contributed by atoms with Crippen LogP contribution >= 0.6 is 31.9 Å². The predicted molar refractivity (Wildman–Crippen MR) is 584 cm³/mol. The van der Waals surface area contributed by atoms with E-state index in [0.29, 0.717) is 16.9 Å². The van der Waals surface area contributed by atoms with Crippen molar-refractivity contribution in [2.75, 3.05) is 11.5 Å². The lowest BCUT2D eigenvalue weighted by molar-refractivity contribution is 0.112. The molecule has 0 amide bonds. The standard InChI is InChI=1S/C43H26N4.C37H24N4.C31H20N2O.C6H4Br2.C6H8N2/c1-3-13-27(14-4-1)45-39-24-23-31-29-17-7-10-20-36(29)46(28-15-5-2-6-16-28)42(31)41(39)34-25-32-30-18-8-11-21-37(30)47-38-22-12-9-19-35(38)44-43(47)33(32)26-40(34)45;1-3-11-25(12-4-1)40-33-22-21-28-27-15-7-10-18-32(27)41(26-13-5-2-6-14-26)36(28)35(33)29-20-19-24(23-34(29)40)37-38-30-16-8-9-17-31(30)39-37;34-20-21-15-16-26-29(19-21)32(22-9-3-1-4-10-22)28-18-17-25-24-13-7-8-14-27(24)33(31(25)30(26)28)23-11-5-2-6-12-23;2*7-5-3-1-2-4-6(5)8/h1-26H;1-23H,(H,38,39);1-20H;1-4H;1-4H,7-8H2. The van der Waals surface area contributed by atoms with E-state index in [1.165, 1.54) is 125 Å². The number of para-hydroxylation sites is 16. The number of anilines is 2. The first-order chi connectivity index (χ1) is 68.2. The molecule has 15 heteroatoms. The van der Waals surface area contributed by atoms with Gasteiger partial charge in [-0.15, -0.1) is 0 Å². The van der Waals surface area contributed by atoms with Gasteiger partial charge in [-0.25, -0.2) is 9.97 Å². The third-order valence-electron chi connectivity index (χ3n) is 26.8. The highest BCUT2D eigenvalue weighted by Crippen LogP contribution is 2.49. The normalized spacial score (nSPS) is 11.6. The van der Waals surface area contributed by atoms with Gasteiger partial charge in [0.15, 0.2) is 0 Å². The van der Waals surface area contributed by atoms with Crippen LogP contribution in [0.3, 0.4) is 0 Å². The second-order valence-electron chi connectivity index (χ2n) is 34.6. The van der Waals surface area contributed by atoms with Crippen LogP contribution in [0, 0.1) is 0 Å². The van der Waals surface area contributed by atoms with Crippen molar-refractivity contribution < 1.29 is 4.79 Å². The van der Waals surface area contributed by atoms with Crippen molar-refractivity contribution in [2.24, 2.45) is 0 Å². The largest absolute Gasteiger partial charge is 0.397 e. The van der Waals surface area contributed by atoms with Crippen molar-refractivity contribution in [3.8, 4) is 45.5 Å². The molecule has 20 aromatic carbocycles. The van der Waals surface area contributed by atoms with Crippen LogP contribution in [0.4, 0.5) is 11.4 Å². The number of imidazole rings is 2. The second-order valence-corrected chi connectivity index (χ2v) is 36.3. The van der Waals surface area contributed by atoms with Crippen molar-refractivity contribution >= 4 is 230 Å². The first kappa shape index (κ1) is 82.3. The van der Waals surface area contributed by atoms with Gasteiger partial charge in [-0.1, -0.05) is 273 Å². The van der Waals surface area contributed by atoms with Crippen LogP contribution in [-0.2, 0) is 0 Å².